The Kier molecular flexibility index (Phi) is 4.94. The molecule has 0 radical (unpaired) electrons. The zero-order chi connectivity index (χ0) is 18.8. The van der Waals surface area contributed by atoms with Gasteiger partial charge in [0.15, 0.2) is 0 Å². The number of carbonyl (C=O) groups is 2. The lowest BCUT2D eigenvalue weighted by Crippen LogP contribution is -2.51. The highest BCUT2D eigenvalue weighted by atomic mass is 16.5. The molecule has 27 heavy (non-hydrogen) atoms. The molecule has 0 N–H and O–H groups in total. The van der Waals surface area contributed by atoms with Gasteiger partial charge in [-0.25, -0.2) is 4.79 Å². The number of esters is 1. The molecule has 1 atom stereocenters. The number of amides is 1. The number of ether oxygens (including phenoxy) is 1. The van der Waals surface area contributed by atoms with Crippen LogP contribution >= 0.6 is 0 Å². The molecule has 0 aromatic heterocycles. The van der Waals surface area contributed by atoms with E-state index in [1.54, 1.807) is 24.3 Å². The zero-order valence-corrected chi connectivity index (χ0v) is 15.5. The van der Waals surface area contributed by atoms with Crippen molar-refractivity contribution in [1.82, 2.24) is 9.80 Å². The van der Waals surface area contributed by atoms with E-state index in [0.29, 0.717) is 23.7 Å². The normalized spacial score (nSPS) is 20.3. The van der Waals surface area contributed by atoms with Crippen LogP contribution in [0.1, 0.15) is 45.2 Å². The van der Waals surface area contributed by atoms with Gasteiger partial charge >= 0.3 is 5.97 Å². The van der Waals surface area contributed by atoms with Gasteiger partial charge in [-0.3, -0.25) is 9.69 Å². The number of methoxy groups -OCH3 is 1. The quantitative estimate of drug-likeness (QED) is 0.782. The van der Waals surface area contributed by atoms with Crippen LogP contribution in [0.3, 0.4) is 0 Å². The second-order valence-corrected chi connectivity index (χ2v) is 7.19. The average molecular weight is 364 g/mol. The van der Waals surface area contributed by atoms with Crippen LogP contribution in [0.15, 0.2) is 54.6 Å². The molecule has 2 fully saturated rings. The molecule has 4 rings (SSSR count). The fourth-order valence-electron chi connectivity index (χ4n) is 3.89. The number of nitrogens with zero attached hydrogens (tertiary/aromatic N) is 2. The predicted molar refractivity (Wildman–Crippen MR) is 103 cm³/mol. The third kappa shape index (κ3) is 3.60. The Morgan fingerprint density at radius 2 is 1.59 bits per heavy atom. The fourth-order valence-corrected chi connectivity index (χ4v) is 3.89. The molecule has 1 aliphatic heterocycles. The fraction of sp³-hybridized carbons (Fsp3) is 0.364. The van der Waals surface area contributed by atoms with Crippen LogP contribution in [0.5, 0.6) is 0 Å². The third-order valence-electron chi connectivity index (χ3n) is 5.48. The summed E-state index contributed by atoms with van der Waals surface area (Å²) >= 11 is 0. The molecule has 1 unspecified atom stereocenters. The van der Waals surface area contributed by atoms with Gasteiger partial charge in [0.1, 0.15) is 0 Å². The number of carbonyl (C=O) groups excluding carboxylic acids is 2. The molecule has 5 heteroatoms. The lowest BCUT2D eigenvalue weighted by atomic mass is 9.99. The summed E-state index contributed by atoms with van der Waals surface area (Å²) in [4.78, 5) is 29.9. The molecule has 0 spiro atoms. The second-order valence-electron chi connectivity index (χ2n) is 7.19. The van der Waals surface area contributed by atoms with Crippen molar-refractivity contribution in [2.24, 2.45) is 0 Å². The van der Waals surface area contributed by atoms with Crippen molar-refractivity contribution >= 4 is 11.9 Å². The van der Waals surface area contributed by atoms with Gasteiger partial charge in [0.05, 0.1) is 24.3 Å². The molecule has 1 heterocycles. The molecule has 2 aromatic rings. The first kappa shape index (κ1) is 17.7. The summed E-state index contributed by atoms with van der Waals surface area (Å²) in [5, 5.41) is 0. The van der Waals surface area contributed by atoms with Crippen molar-refractivity contribution in [3.63, 3.8) is 0 Å². The topological polar surface area (TPSA) is 49.9 Å². The summed E-state index contributed by atoms with van der Waals surface area (Å²) < 4.78 is 4.86. The van der Waals surface area contributed by atoms with Crippen molar-refractivity contribution in [1.29, 1.82) is 0 Å². The largest absolute Gasteiger partial charge is 0.465 e. The van der Waals surface area contributed by atoms with Crippen molar-refractivity contribution in [2.45, 2.75) is 24.9 Å². The summed E-state index contributed by atoms with van der Waals surface area (Å²) in [5.74, 6) is -0.591. The first-order chi connectivity index (χ1) is 13.2. The molecule has 1 saturated heterocycles. The average Bonchev–Trinajstić information content (AvgIpc) is 3.58. The minimum absolute atomic E-state index is 0.0150. The van der Waals surface area contributed by atoms with Gasteiger partial charge in [0.25, 0.3) is 5.91 Å². The maximum atomic E-state index is 13.4. The molecule has 0 bridgehead atoms. The molecule has 5 nitrogen and oxygen atoms in total. The summed E-state index contributed by atoms with van der Waals surface area (Å²) in [6, 6.07) is 17.7. The molecular weight excluding hydrogens is 340 g/mol. The Hall–Kier alpha value is -2.66. The Morgan fingerprint density at radius 3 is 2.26 bits per heavy atom. The lowest BCUT2D eigenvalue weighted by molar-refractivity contribution is 0.0424. The van der Waals surface area contributed by atoms with Crippen LogP contribution in [0, 0.1) is 0 Å². The SMILES string of the molecule is COC(=O)c1ccccc1C(=O)N1CCN(C2CC2)CC1c1ccccc1. The van der Waals surface area contributed by atoms with Gasteiger partial charge in [0, 0.05) is 25.7 Å². The number of hydrogen-bond donors (Lipinski definition) is 0. The summed E-state index contributed by atoms with van der Waals surface area (Å²) in [6.07, 6.45) is 2.50. The highest BCUT2D eigenvalue weighted by molar-refractivity contribution is 6.05. The molecule has 140 valence electrons. The second kappa shape index (κ2) is 7.53. The monoisotopic (exact) mass is 364 g/mol. The molecule has 2 aliphatic rings. The first-order valence-corrected chi connectivity index (χ1v) is 9.46. The van der Waals surface area contributed by atoms with E-state index in [-0.39, 0.29) is 11.9 Å². The van der Waals surface area contributed by atoms with Crippen LogP contribution < -0.4 is 0 Å². The molecule has 1 amide bonds. The summed E-state index contributed by atoms with van der Waals surface area (Å²) in [5.41, 5.74) is 1.86. The Morgan fingerprint density at radius 1 is 0.926 bits per heavy atom. The predicted octanol–water partition coefficient (Wildman–Crippen LogP) is 3.13. The highest BCUT2D eigenvalue weighted by Gasteiger charge is 2.38. The van der Waals surface area contributed by atoms with Crippen molar-refractivity contribution in [3.05, 3.63) is 71.3 Å². The first-order valence-electron chi connectivity index (χ1n) is 9.46. The minimum Gasteiger partial charge on any atom is -0.465 e. The maximum Gasteiger partial charge on any atom is 0.338 e. The highest BCUT2D eigenvalue weighted by Crippen LogP contribution is 2.34. The Bertz CT molecular complexity index is 832. The molecule has 2 aromatic carbocycles. The number of piperazine rings is 1. The van der Waals surface area contributed by atoms with E-state index < -0.39 is 5.97 Å². The molecular formula is C22H24N2O3. The van der Waals surface area contributed by atoms with Gasteiger partial charge in [-0.2, -0.15) is 0 Å². The van der Waals surface area contributed by atoms with Gasteiger partial charge in [-0.05, 0) is 30.5 Å². The molecule has 1 aliphatic carbocycles. The van der Waals surface area contributed by atoms with Gasteiger partial charge < -0.3 is 9.64 Å². The van der Waals surface area contributed by atoms with E-state index in [4.69, 9.17) is 4.74 Å². The van der Waals surface area contributed by atoms with Crippen molar-refractivity contribution in [2.75, 3.05) is 26.7 Å². The summed E-state index contributed by atoms with van der Waals surface area (Å²) in [7, 11) is 1.34. The van der Waals surface area contributed by atoms with Gasteiger partial charge in [0.2, 0.25) is 0 Å². The van der Waals surface area contributed by atoms with E-state index in [9.17, 15) is 9.59 Å². The van der Waals surface area contributed by atoms with Crippen LogP contribution in [0.2, 0.25) is 0 Å². The van der Waals surface area contributed by atoms with E-state index >= 15 is 0 Å². The lowest BCUT2D eigenvalue weighted by Gasteiger charge is -2.42. The van der Waals surface area contributed by atoms with Crippen LogP contribution in [0.25, 0.3) is 0 Å². The Balaban J connectivity index is 1.66. The number of benzene rings is 2. The van der Waals surface area contributed by atoms with Crippen LogP contribution in [-0.4, -0.2) is 54.5 Å². The van der Waals surface area contributed by atoms with Crippen LogP contribution in [0.4, 0.5) is 0 Å². The van der Waals surface area contributed by atoms with Gasteiger partial charge in [-0.15, -0.1) is 0 Å². The van der Waals surface area contributed by atoms with Crippen molar-refractivity contribution < 1.29 is 14.3 Å². The zero-order valence-electron chi connectivity index (χ0n) is 15.5. The van der Waals surface area contributed by atoms with Gasteiger partial charge in [-0.1, -0.05) is 42.5 Å². The maximum absolute atomic E-state index is 13.4. The van der Waals surface area contributed by atoms with Crippen molar-refractivity contribution in [3.8, 4) is 0 Å². The van der Waals surface area contributed by atoms with E-state index in [1.165, 1.54) is 20.0 Å². The third-order valence-corrected chi connectivity index (χ3v) is 5.48. The standard InChI is InChI=1S/C22H24N2O3/c1-27-22(26)19-10-6-5-9-18(19)21(25)24-14-13-23(17-11-12-17)15-20(24)16-7-3-2-4-8-16/h2-10,17,20H,11-15H2,1H3. The Labute approximate surface area is 159 Å². The molecule has 1 saturated carbocycles. The smallest absolute Gasteiger partial charge is 0.338 e. The minimum atomic E-state index is -0.480. The van der Waals surface area contributed by atoms with E-state index in [1.807, 2.05) is 23.1 Å². The summed E-state index contributed by atoms with van der Waals surface area (Å²) in [6.45, 7) is 2.37. The number of hydrogen-bond acceptors (Lipinski definition) is 4. The van der Waals surface area contributed by atoms with Crippen LogP contribution in [-0.2, 0) is 4.74 Å². The van der Waals surface area contributed by atoms with E-state index in [0.717, 1.165) is 18.7 Å². The van der Waals surface area contributed by atoms with E-state index in [2.05, 4.69) is 17.0 Å². The number of rotatable bonds is 4.